The van der Waals surface area contributed by atoms with Gasteiger partial charge in [0.1, 0.15) is 0 Å². The van der Waals surface area contributed by atoms with E-state index in [9.17, 15) is 26.3 Å². The summed E-state index contributed by atoms with van der Waals surface area (Å²) in [6.07, 6.45) is -2.60. The van der Waals surface area contributed by atoms with Gasteiger partial charge in [-0.15, -0.1) is 0 Å². The fraction of sp³-hybridized carbons (Fsp3) is 0.696. The molecule has 0 spiro atoms. The number of aliphatic carboxylic acids is 2. The Bertz CT molecular complexity index is 842. The van der Waals surface area contributed by atoms with Gasteiger partial charge in [-0.3, -0.25) is 9.88 Å². The Morgan fingerprint density at radius 2 is 1.66 bits per heavy atom. The molecule has 0 saturated carbocycles. The molecule has 0 aromatic carbocycles. The van der Waals surface area contributed by atoms with Crippen LogP contribution in [0.4, 0.5) is 26.3 Å². The predicted octanol–water partition coefficient (Wildman–Crippen LogP) is 3.38. The highest BCUT2D eigenvalue weighted by atomic mass is 19.4. The molecule has 0 amide bonds. The lowest BCUT2D eigenvalue weighted by atomic mass is 9.91. The van der Waals surface area contributed by atoms with Crippen molar-refractivity contribution in [3.05, 3.63) is 30.1 Å². The first-order valence-electron chi connectivity index (χ1n) is 11.8. The molecule has 15 heteroatoms. The molecule has 3 fully saturated rings. The average Bonchev–Trinajstić information content (AvgIpc) is 3.44. The SMILES string of the molecule is O=C(O)C(F)(F)F.O=C(O)C(F)(F)F.c1cncc(COCC[C@H]2CO[C@H]3CN(C4CCOCC4)C[C@@H]23)c1. The van der Waals surface area contributed by atoms with Crippen molar-refractivity contribution in [3.8, 4) is 0 Å². The van der Waals surface area contributed by atoms with Crippen LogP contribution in [0.2, 0.25) is 0 Å². The summed E-state index contributed by atoms with van der Waals surface area (Å²) in [6, 6.07) is 4.72. The molecule has 0 radical (unpaired) electrons. The number of hydrogen-bond donors (Lipinski definition) is 2. The van der Waals surface area contributed by atoms with E-state index in [-0.39, 0.29) is 0 Å². The van der Waals surface area contributed by atoms with Gasteiger partial charge in [0.05, 0.1) is 19.3 Å². The van der Waals surface area contributed by atoms with Gasteiger partial charge >= 0.3 is 24.3 Å². The van der Waals surface area contributed by atoms with Crippen molar-refractivity contribution in [3.63, 3.8) is 0 Å². The number of hydrogen-bond acceptors (Lipinski definition) is 7. The van der Waals surface area contributed by atoms with Crippen LogP contribution in [0.1, 0.15) is 24.8 Å². The van der Waals surface area contributed by atoms with E-state index >= 15 is 0 Å². The Balaban J connectivity index is 0.000000301. The summed E-state index contributed by atoms with van der Waals surface area (Å²) in [4.78, 5) is 24.6. The summed E-state index contributed by atoms with van der Waals surface area (Å²) in [7, 11) is 0. The molecule has 0 bridgehead atoms. The molecule has 216 valence electrons. The molecule has 4 rings (SSSR count). The smallest absolute Gasteiger partial charge is 0.475 e. The highest BCUT2D eigenvalue weighted by molar-refractivity contribution is 5.73. The second-order valence-corrected chi connectivity index (χ2v) is 8.90. The van der Waals surface area contributed by atoms with Crippen LogP contribution in [0.3, 0.4) is 0 Å². The molecule has 3 aliphatic rings. The van der Waals surface area contributed by atoms with E-state index in [1.807, 2.05) is 12.3 Å². The van der Waals surface area contributed by atoms with Gasteiger partial charge in [0.25, 0.3) is 0 Å². The van der Waals surface area contributed by atoms with Crippen molar-refractivity contribution in [2.75, 3.05) is 39.5 Å². The van der Waals surface area contributed by atoms with Gasteiger partial charge in [-0.2, -0.15) is 26.3 Å². The van der Waals surface area contributed by atoms with Gasteiger partial charge in [0.15, 0.2) is 0 Å². The Hall–Kier alpha value is -2.49. The van der Waals surface area contributed by atoms with Gasteiger partial charge in [-0.1, -0.05) is 6.07 Å². The highest BCUT2D eigenvalue weighted by Crippen LogP contribution is 2.37. The summed E-state index contributed by atoms with van der Waals surface area (Å²) in [6.45, 7) is 6.53. The maximum absolute atomic E-state index is 10.6. The monoisotopic (exact) mass is 560 g/mol. The zero-order valence-corrected chi connectivity index (χ0v) is 20.3. The molecule has 38 heavy (non-hydrogen) atoms. The number of fused-ring (bicyclic) bond motifs is 1. The summed E-state index contributed by atoms with van der Waals surface area (Å²) in [5.74, 6) is -4.18. The zero-order valence-electron chi connectivity index (χ0n) is 20.3. The van der Waals surface area contributed by atoms with Crippen LogP contribution in [0.15, 0.2) is 24.5 Å². The lowest BCUT2D eigenvalue weighted by molar-refractivity contribution is -0.193. The van der Waals surface area contributed by atoms with Crippen molar-refractivity contribution in [1.29, 1.82) is 0 Å². The fourth-order valence-corrected chi connectivity index (χ4v) is 4.38. The molecular weight excluding hydrogens is 530 g/mol. The average molecular weight is 560 g/mol. The second-order valence-electron chi connectivity index (χ2n) is 8.90. The van der Waals surface area contributed by atoms with E-state index in [2.05, 4.69) is 16.0 Å². The Kier molecular flexibility index (Phi) is 12.2. The standard InChI is InChI=1S/C19H28N2O3.2C2HF3O2/c1-2-15(10-20-6-1)13-23-7-3-16-14-24-19-12-21(11-18(16)19)17-4-8-22-9-5-17;2*3-2(4,5)1(6)7/h1-2,6,10,16-19H,3-5,7-9,11-14H2;2*(H,6,7)/t16-,18-,19-;;/m0../s1. The third-order valence-corrected chi connectivity index (χ3v) is 6.28. The quantitative estimate of drug-likeness (QED) is 0.399. The fourth-order valence-electron chi connectivity index (χ4n) is 4.38. The van der Waals surface area contributed by atoms with Crippen LogP contribution in [-0.2, 0) is 30.4 Å². The van der Waals surface area contributed by atoms with Crippen LogP contribution >= 0.6 is 0 Å². The number of alkyl halides is 6. The minimum absolute atomic E-state index is 0.441. The first kappa shape index (κ1) is 31.7. The first-order valence-corrected chi connectivity index (χ1v) is 11.8. The molecule has 3 saturated heterocycles. The van der Waals surface area contributed by atoms with Gasteiger partial charge < -0.3 is 24.4 Å². The van der Waals surface area contributed by atoms with Crippen LogP contribution < -0.4 is 0 Å². The van der Waals surface area contributed by atoms with Crippen molar-refractivity contribution in [1.82, 2.24) is 9.88 Å². The predicted molar refractivity (Wildman–Crippen MR) is 118 cm³/mol. The molecule has 1 aromatic rings. The largest absolute Gasteiger partial charge is 0.490 e. The summed E-state index contributed by atoms with van der Waals surface area (Å²) in [5.41, 5.74) is 1.14. The molecule has 3 aliphatic heterocycles. The molecule has 0 unspecified atom stereocenters. The van der Waals surface area contributed by atoms with Gasteiger partial charge in [0.2, 0.25) is 0 Å². The van der Waals surface area contributed by atoms with Crippen LogP contribution in [0.25, 0.3) is 0 Å². The maximum Gasteiger partial charge on any atom is 0.490 e. The topological polar surface area (TPSA) is 118 Å². The van der Waals surface area contributed by atoms with Crippen LogP contribution in [-0.4, -0.2) is 96.1 Å². The number of carboxylic acids is 2. The Morgan fingerprint density at radius 3 is 2.18 bits per heavy atom. The summed E-state index contributed by atoms with van der Waals surface area (Å²) < 4.78 is 80.9. The van der Waals surface area contributed by atoms with E-state index in [0.29, 0.717) is 30.6 Å². The van der Waals surface area contributed by atoms with E-state index < -0.39 is 24.3 Å². The second kappa shape index (κ2) is 14.6. The maximum atomic E-state index is 10.6. The summed E-state index contributed by atoms with van der Waals surface area (Å²) in [5, 5.41) is 14.2. The lowest BCUT2D eigenvalue weighted by Gasteiger charge is -2.31. The molecule has 4 heterocycles. The first-order chi connectivity index (χ1) is 17.8. The van der Waals surface area contributed by atoms with Crippen LogP contribution in [0, 0.1) is 11.8 Å². The third kappa shape index (κ3) is 10.7. The lowest BCUT2D eigenvalue weighted by Crippen LogP contribution is -2.39. The number of nitrogens with zero attached hydrogens (tertiary/aromatic N) is 2. The molecule has 0 aliphatic carbocycles. The minimum atomic E-state index is -5.08. The number of likely N-dealkylation sites (tertiary alicyclic amines) is 1. The normalized spacial score (nSPS) is 24.0. The molecule has 3 atom stereocenters. The van der Waals surface area contributed by atoms with Gasteiger partial charge in [-0.25, -0.2) is 9.59 Å². The number of rotatable bonds is 6. The van der Waals surface area contributed by atoms with Gasteiger partial charge in [0, 0.05) is 57.3 Å². The number of carbonyl (C=O) groups is 2. The van der Waals surface area contributed by atoms with Crippen molar-refractivity contribution in [2.24, 2.45) is 11.8 Å². The number of ether oxygens (including phenoxy) is 3. The Morgan fingerprint density at radius 1 is 1.05 bits per heavy atom. The van der Waals surface area contributed by atoms with E-state index in [1.54, 1.807) is 6.20 Å². The van der Waals surface area contributed by atoms with E-state index in [1.165, 1.54) is 19.4 Å². The van der Waals surface area contributed by atoms with Crippen molar-refractivity contribution < 1.29 is 60.4 Å². The van der Waals surface area contributed by atoms with Crippen molar-refractivity contribution >= 4 is 11.9 Å². The van der Waals surface area contributed by atoms with E-state index in [0.717, 1.165) is 45.0 Å². The van der Waals surface area contributed by atoms with E-state index in [4.69, 9.17) is 34.0 Å². The van der Waals surface area contributed by atoms with Crippen molar-refractivity contribution in [2.45, 2.75) is 50.4 Å². The molecule has 2 N–H and O–H groups in total. The zero-order chi connectivity index (χ0) is 28.3. The van der Waals surface area contributed by atoms with Gasteiger partial charge in [-0.05, 0) is 36.8 Å². The minimum Gasteiger partial charge on any atom is -0.475 e. The highest BCUT2D eigenvalue weighted by Gasteiger charge is 2.45. The number of pyridine rings is 1. The molecule has 9 nitrogen and oxygen atoms in total. The summed E-state index contributed by atoms with van der Waals surface area (Å²) >= 11 is 0. The third-order valence-electron chi connectivity index (χ3n) is 6.28. The molecular formula is C23H30F6N2O7. The number of carboxylic acid groups (broad SMARTS) is 2. The number of aromatic nitrogens is 1. The van der Waals surface area contributed by atoms with Crippen LogP contribution in [0.5, 0.6) is 0 Å². The molecule has 1 aromatic heterocycles. The number of halogens is 6. The Labute approximate surface area is 214 Å².